The third-order valence-corrected chi connectivity index (χ3v) is 5.73. The van der Waals surface area contributed by atoms with E-state index in [0.717, 1.165) is 34.0 Å². The zero-order valence-corrected chi connectivity index (χ0v) is 19.0. The molecule has 0 atom stereocenters. The van der Waals surface area contributed by atoms with Crippen LogP contribution in [0.3, 0.4) is 0 Å². The maximum Gasteiger partial charge on any atom is 0.321 e. The molecule has 4 rings (SSSR count). The number of rotatable bonds is 4. The summed E-state index contributed by atoms with van der Waals surface area (Å²) >= 11 is 0. The van der Waals surface area contributed by atoms with Gasteiger partial charge in [-0.25, -0.2) is 19.7 Å². The maximum absolute atomic E-state index is 12.8. The van der Waals surface area contributed by atoms with E-state index >= 15 is 0 Å². The Morgan fingerprint density at radius 2 is 1.72 bits per heavy atom. The summed E-state index contributed by atoms with van der Waals surface area (Å²) in [7, 11) is 0. The predicted octanol–water partition coefficient (Wildman–Crippen LogP) is 4.20. The number of aryl methyl sites for hydroxylation is 3. The number of carbonyl (C=O) groups is 1. The average molecular weight is 432 g/mol. The number of aromatic nitrogens is 3. The lowest BCUT2D eigenvalue weighted by Gasteiger charge is -2.35. The van der Waals surface area contributed by atoms with Crippen LogP contribution in [0.4, 0.5) is 27.9 Å². The van der Waals surface area contributed by atoms with Gasteiger partial charge in [-0.3, -0.25) is 0 Å². The number of anilines is 4. The number of benzene rings is 1. The molecular formula is C24H29N7O. The molecular weight excluding hydrogens is 402 g/mol. The summed E-state index contributed by atoms with van der Waals surface area (Å²) in [5.74, 6) is 3.00. The fourth-order valence-electron chi connectivity index (χ4n) is 3.73. The second-order valence-electron chi connectivity index (χ2n) is 8.15. The third-order valence-electron chi connectivity index (χ3n) is 5.73. The molecule has 0 aliphatic carbocycles. The molecule has 1 saturated heterocycles. The molecule has 3 heterocycles. The van der Waals surface area contributed by atoms with Gasteiger partial charge in [-0.15, -0.1) is 0 Å². The molecule has 0 bridgehead atoms. The lowest BCUT2D eigenvalue weighted by atomic mass is 10.1. The molecule has 0 unspecified atom stereocenters. The van der Waals surface area contributed by atoms with E-state index < -0.39 is 0 Å². The first-order chi connectivity index (χ1) is 15.4. The van der Waals surface area contributed by atoms with Gasteiger partial charge in [-0.1, -0.05) is 12.1 Å². The molecule has 0 saturated carbocycles. The van der Waals surface area contributed by atoms with E-state index in [1.807, 2.05) is 69.0 Å². The molecule has 1 aliphatic rings. The van der Waals surface area contributed by atoms with Gasteiger partial charge in [-0.2, -0.15) is 0 Å². The number of carbonyl (C=O) groups excluding carboxylic acids is 1. The summed E-state index contributed by atoms with van der Waals surface area (Å²) in [6.07, 6.45) is 1.77. The van der Waals surface area contributed by atoms with E-state index in [-0.39, 0.29) is 6.03 Å². The maximum atomic E-state index is 12.8. The number of urea groups is 1. The van der Waals surface area contributed by atoms with Gasteiger partial charge in [0.05, 0.1) is 0 Å². The second-order valence-corrected chi connectivity index (χ2v) is 8.15. The molecule has 8 nitrogen and oxygen atoms in total. The molecule has 0 radical (unpaired) electrons. The molecule has 32 heavy (non-hydrogen) atoms. The monoisotopic (exact) mass is 431 g/mol. The SMILES string of the molecule is Cc1ccnc(Nc2cc(N3CCN(C(=O)Nc4cccc(C)c4C)CC3)nc(C)n2)c1. The molecule has 1 fully saturated rings. The van der Waals surface area contributed by atoms with Crippen molar-refractivity contribution in [1.29, 1.82) is 0 Å². The van der Waals surface area contributed by atoms with E-state index in [4.69, 9.17) is 0 Å². The van der Waals surface area contributed by atoms with Gasteiger partial charge in [-0.05, 0) is 62.6 Å². The molecule has 1 aromatic carbocycles. The number of hydrogen-bond acceptors (Lipinski definition) is 6. The van der Waals surface area contributed by atoms with Crippen molar-refractivity contribution in [3.8, 4) is 0 Å². The van der Waals surface area contributed by atoms with Crippen molar-refractivity contribution in [3.05, 3.63) is 65.1 Å². The van der Waals surface area contributed by atoms with Crippen LogP contribution in [0.15, 0.2) is 42.6 Å². The Morgan fingerprint density at radius 1 is 0.938 bits per heavy atom. The molecule has 2 amide bonds. The first-order valence-electron chi connectivity index (χ1n) is 10.8. The highest BCUT2D eigenvalue weighted by atomic mass is 16.2. The highest BCUT2D eigenvalue weighted by Crippen LogP contribution is 2.22. The van der Waals surface area contributed by atoms with Gasteiger partial charge in [0.1, 0.15) is 23.3 Å². The summed E-state index contributed by atoms with van der Waals surface area (Å²) < 4.78 is 0. The molecule has 0 spiro atoms. The highest BCUT2D eigenvalue weighted by molar-refractivity contribution is 5.90. The van der Waals surface area contributed by atoms with Crippen molar-refractivity contribution < 1.29 is 4.79 Å². The van der Waals surface area contributed by atoms with E-state index in [0.29, 0.717) is 37.8 Å². The summed E-state index contributed by atoms with van der Waals surface area (Å²) in [4.78, 5) is 30.3. The number of piperazine rings is 1. The fraction of sp³-hybridized carbons (Fsp3) is 0.333. The normalized spacial score (nSPS) is 13.8. The summed E-state index contributed by atoms with van der Waals surface area (Å²) in [5, 5.41) is 6.32. The van der Waals surface area contributed by atoms with Crippen molar-refractivity contribution in [3.63, 3.8) is 0 Å². The Kier molecular flexibility index (Phi) is 6.20. The molecule has 2 aromatic heterocycles. The van der Waals surface area contributed by atoms with Crippen LogP contribution in [-0.4, -0.2) is 52.1 Å². The van der Waals surface area contributed by atoms with Crippen molar-refractivity contribution in [2.24, 2.45) is 0 Å². The summed E-state index contributed by atoms with van der Waals surface area (Å²) in [5.41, 5.74) is 4.25. The molecule has 3 aromatic rings. The van der Waals surface area contributed by atoms with Crippen molar-refractivity contribution in [2.45, 2.75) is 27.7 Å². The smallest absolute Gasteiger partial charge is 0.321 e. The quantitative estimate of drug-likeness (QED) is 0.644. The molecule has 166 valence electrons. The fourth-order valence-corrected chi connectivity index (χ4v) is 3.73. The van der Waals surface area contributed by atoms with Gasteiger partial charge >= 0.3 is 6.03 Å². The Morgan fingerprint density at radius 3 is 2.47 bits per heavy atom. The predicted molar refractivity (Wildman–Crippen MR) is 128 cm³/mol. The minimum atomic E-state index is -0.0647. The lowest BCUT2D eigenvalue weighted by molar-refractivity contribution is 0.208. The number of nitrogens with one attached hydrogen (secondary N) is 2. The van der Waals surface area contributed by atoms with Crippen LogP contribution in [0.25, 0.3) is 0 Å². The first kappa shape index (κ1) is 21.5. The minimum absolute atomic E-state index is 0.0647. The van der Waals surface area contributed by atoms with Crippen molar-refractivity contribution in [2.75, 3.05) is 41.7 Å². The van der Waals surface area contributed by atoms with Crippen LogP contribution in [0, 0.1) is 27.7 Å². The van der Waals surface area contributed by atoms with Crippen LogP contribution in [0.2, 0.25) is 0 Å². The topological polar surface area (TPSA) is 86.3 Å². The van der Waals surface area contributed by atoms with Gasteiger partial charge in [0.2, 0.25) is 0 Å². The average Bonchev–Trinajstić information content (AvgIpc) is 2.76. The molecule has 8 heteroatoms. The zero-order chi connectivity index (χ0) is 22.7. The van der Waals surface area contributed by atoms with Crippen LogP contribution < -0.4 is 15.5 Å². The van der Waals surface area contributed by atoms with Crippen molar-refractivity contribution in [1.82, 2.24) is 19.9 Å². The Bertz CT molecular complexity index is 1120. The first-order valence-corrected chi connectivity index (χ1v) is 10.8. The highest BCUT2D eigenvalue weighted by Gasteiger charge is 2.23. The van der Waals surface area contributed by atoms with Gasteiger partial charge in [0, 0.05) is 44.1 Å². The number of nitrogens with zero attached hydrogens (tertiary/aromatic N) is 5. The van der Waals surface area contributed by atoms with Gasteiger partial charge in [0.15, 0.2) is 0 Å². The number of amides is 2. The van der Waals surface area contributed by atoms with E-state index in [2.05, 4.69) is 30.5 Å². The van der Waals surface area contributed by atoms with Crippen LogP contribution in [0.1, 0.15) is 22.5 Å². The summed E-state index contributed by atoms with van der Waals surface area (Å²) in [6, 6.07) is 11.8. The standard InChI is InChI=1S/C24H29N7O/c1-16-8-9-25-21(14-16)29-22-15-23(27-19(4)26-22)30-10-12-31(13-11-30)24(32)28-20-7-5-6-17(2)18(20)3/h5-9,14-15H,10-13H2,1-4H3,(H,28,32)(H,25,26,27,29). The molecule has 1 aliphatic heterocycles. The number of pyridine rings is 1. The van der Waals surface area contributed by atoms with E-state index in [1.165, 1.54) is 0 Å². The van der Waals surface area contributed by atoms with E-state index in [1.54, 1.807) is 6.20 Å². The summed E-state index contributed by atoms with van der Waals surface area (Å²) in [6.45, 7) is 10.6. The largest absolute Gasteiger partial charge is 0.353 e. The van der Waals surface area contributed by atoms with Crippen LogP contribution >= 0.6 is 0 Å². The minimum Gasteiger partial charge on any atom is -0.353 e. The van der Waals surface area contributed by atoms with Crippen molar-refractivity contribution >= 4 is 29.2 Å². The number of hydrogen-bond donors (Lipinski definition) is 2. The zero-order valence-electron chi connectivity index (χ0n) is 19.0. The van der Waals surface area contributed by atoms with Gasteiger partial charge < -0.3 is 20.4 Å². The molecule has 2 N–H and O–H groups in total. The Hall–Kier alpha value is -3.68. The second kappa shape index (κ2) is 9.21. The van der Waals surface area contributed by atoms with Crippen LogP contribution in [-0.2, 0) is 0 Å². The lowest BCUT2D eigenvalue weighted by Crippen LogP contribution is -2.50. The van der Waals surface area contributed by atoms with E-state index in [9.17, 15) is 4.79 Å². The third kappa shape index (κ3) is 4.96. The Labute approximate surface area is 188 Å². The van der Waals surface area contributed by atoms with Gasteiger partial charge in [0.25, 0.3) is 0 Å². The Balaban J connectivity index is 1.40. The van der Waals surface area contributed by atoms with Crippen LogP contribution in [0.5, 0.6) is 0 Å².